The third-order valence-electron chi connectivity index (χ3n) is 1.04. The van der Waals surface area contributed by atoms with E-state index >= 15 is 0 Å². The van der Waals surface area contributed by atoms with Crippen LogP contribution in [0, 0.1) is 11.3 Å². The van der Waals surface area contributed by atoms with Gasteiger partial charge in [-0.2, -0.15) is 5.26 Å². The molecule has 0 fully saturated rings. The molecule has 56 valence electrons. The molecule has 0 aromatic heterocycles. The topological polar surface area (TPSA) is 52.9 Å². The van der Waals surface area contributed by atoms with Crippen molar-refractivity contribution in [1.82, 2.24) is 5.32 Å². The number of amides is 1. The van der Waals surface area contributed by atoms with Crippen LogP contribution in [0.5, 0.6) is 0 Å². The molecule has 0 rings (SSSR count). The fraction of sp³-hybridized carbons (Fsp3) is 0.714. The van der Waals surface area contributed by atoms with Crippen molar-refractivity contribution in [2.75, 3.05) is 6.54 Å². The second-order valence-corrected chi connectivity index (χ2v) is 2.01. The smallest absolute Gasteiger partial charge is 0.220 e. The van der Waals surface area contributed by atoms with Gasteiger partial charge in [0.25, 0.3) is 0 Å². The number of nitriles is 1. The number of carbonyl (C=O) groups is 1. The Morgan fingerprint density at radius 3 is 2.90 bits per heavy atom. The lowest BCUT2D eigenvalue weighted by Crippen LogP contribution is -2.23. The fourth-order valence-corrected chi connectivity index (χ4v) is 0.573. The van der Waals surface area contributed by atoms with Crippen LogP contribution >= 0.6 is 0 Å². The molecule has 0 aromatic carbocycles. The molecule has 0 aliphatic heterocycles. The predicted octanol–water partition coefficient (Wildman–Crippen LogP) is 0.816. The molecule has 0 saturated heterocycles. The summed E-state index contributed by atoms with van der Waals surface area (Å²) in [6.07, 6.45) is 1.82. The summed E-state index contributed by atoms with van der Waals surface area (Å²) in [6.45, 7) is 2.43. The quantitative estimate of drug-likeness (QED) is 0.587. The van der Waals surface area contributed by atoms with Gasteiger partial charge >= 0.3 is 0 Å². The van der Waals surface area contributed by atoms with E-state index in [1.807, 2.05) is 13.0 Å². The summed E-state index contributed by atoms with van der Waals surface area (Å²) in [5, 5.41) is 10.7. The van der Waals surface area contributed by atoms with Crippen molar-refractivity contribution in [3.8, 4) is 6.07 Å². The molecule has 0 spiro atoms. The van der Waals surface area contributed by atoms with Crippen LogP contribution in [0.2, 0.25) is 0 Å². The Hall–Kier alpha value is -1.04. The largest absolute Gasteiger partial charge is 0.355 e. The molecule has 0 saturated carbocycles. The van der Waals surface area contributed by atoms with Crippen molar-refractivity contribution in [3.63, 3.8) is 0 Å². The number of nitrogens with zero attached hydrogens (tertiary/aromatic N) is 1. The lowest BCUT2D eigenvalue weighted by molar-refractivity contribution is -0.121. The minimum atomic E-state index is 0.0396. The van der Waals surface area contributed by atoms with Crippen molar-refractivity contribution in [3.05, 3.63) is 0 Å². The van der Waals surface area contributed by atoms with Gasteiger partial charge in [0.2, 0.25) is 5.91 Å². The van der Waals surface area contributed by atoms with E-state index in [4.69, 9.17) is 5.26 Å². The molecule has 0 radical (unpaired) electrons. The Balaban J connectivity index is 3.15. The third-order valence-corrected chi connectivity index (χ3v) is 1.04. The molecule has 0 aliphatic carbocycles. The maximum absolute atomic E-state index is 10.7. The van der Waals surface area contributed by atoms with Gasteiger partial charge in [-0.25, -0.2) is 0 Å². The molecule has 0 aliphatic rings. The van der Waals surface area contributed by atoms with E-state index in [-0.39, 0.29) is 5.91 Å². The molecule has 1 N–H and O–H groups in total. The summed E-state index contributed by atoms with van der Waals surface area (Å²) in [6, 6.07) is 1.95. The zero-order chi connectivity index (χ0) is 7.82. The minimum absolute atomic E-state index is 0.0396. The average molecular weight is 140 g/mol. The Morgan fingerprint density at radius 1 is 1.70 bits per heavy atom. The van der Waals surface area contributed by atoms with Crippen molar-refractivity contribution in [2.24, 2.45) is 0 Å². The number of hydrogen-bond donors (Lipinski definition) is 1. The lowest BCUT2D eigenvalue weighted by atomic mass is 10.3. The highest BCUT2D eigenvalue weighted by Crippen LogP contribution is 1.84. The number of rotatable bonds is 4. The first-order chi connectivity index (χ1) is 4.81. The van der Waals surface area contributed by atoms with Gasteiger partial charge in [0.1, 0.15) is 0 Å². The van der Waals surface area contributed by atoms with Crippen LogP contribution in [-0.2, 0) is 4.79 Å². The first-order valence-corrected chi connectivity index (χ1v) is 3.45. The van der Waals surface area contributed by atoms with Crippen molar-refractivity contribution in [2.45, 2.75) is 26.2 Å². The molecule has 1 amide bonds. The van der Waals surface area contributed by atoms with Gasteiger partial charge in [-0.1, -0.05) is 6.92 Å². The van der Waals surface area contributed by atoms with Crippen LogP contribution in [-0.4, -0.2) is 12.5 Å². The summed E-state index contributed by atoms with van der Waals surface area (Å²) in [4.78, 5) is 10.7. The second kappa shape index (κ2) is 6.09. The molecule has 10 heavy (non-hydrogen) atoms. The summed E-state index contributed by atoms with van der Waals surface area (Å²) in [5.74, 6) is 0.0396. The molecule has 0 unspecified atom stereocenters. The van der Waals surface area contributed by atoms with E-state index in [1.165, 1.54) is 0 Å². The predicted molar refractivity (Wildman–Crippen MR) is 38.1 cm³/mol. The monoisotopic (exact) mass is 140 g/mol. The molecule has 0 aromatic rings. The summed E-state index contributed by atoms with van der Waals surface area (Å²) < 4.78 is 0. The highest BCUT2D eigenvalue weighted by molar-refractivity contribution is 5.75. The van der Waals surface area contributed by atoms with Crippen molar-refractivity contribution in [1.29, 1.82) is 5.26 Å². The van der Waals surface area contributed by atoms with Gasteiger partial charge in [-0.15, -0.1) is 0 Å². The van der Waals surface area contributed by atoms with Crippen molar-refractivity contribution < 1.29 is 4.79 Å². The van der Waals surface area contributed by atoms with Crippen LogP contribution in [0.4, 0.5) is 0 Å². The van der Waals surface area contributed by atoms with E-state index < -0.39 is 0 Å². The van der Waals surface area contributed by atoms with Gasteiger partial charge < -0.3 is 5.32 Å². The van der Waals surface area contributed by atoms with E-state index in [2.05, 4.69) is 5.32 Å². The van der Waals surface area contributed by atoms with E-state index in [9.17, 15) is 4.79 Å². The minimum Gasteiger partial charge on any atom is -0.355 e. The van der Waals surface area contributed by atoms with Crippen LogP contribution in [0.1, 0.15) is 26.2 Å². The molecular weight excluding hydrogens is 128 g/mol. The van der Waals surface area contributed by atoms with Crippen LogP contribution < -0.4 is 5.32 Å². The number of hydrogen-bond acceptors (Lipinski definition) is 2. The fourth-order valence-electron chi connectivity index (χ4n) is 0.573. The first-order valence-electron chi connectivity index (χ1n) is 3.45. The summed E-state index contributed by atoms with van der Waals surface area (Å²) in [5.41, 5.74) is 0. The van der Waals surface area contributed by atoms with E-state index in [0.29, 0.717) is 19.4 Å². The normalized spacial score (nSPS) is 8.40. The highest BCUT2D eigenvalue weighted by atomic mass is 16.1. The number of nitrogens with one attached hydrogen (secondary N) is 1. The molecule has 0 bridgehead atoms. The van der Waals surface area contributed by atoms with Crippen LogP contribution in [0.3, 0.4) is 0 Å². The first kappa shape index (κ1) is 8.96. The molecular formula is C7H12N2O. The van der Waals surface area contributed by atoms with Gasteiger partial charge in [0.15, 0.2) is 0 Å². The summed E-state index contributed by atoms with van der Waals surface area (Å²) >= 11 is 0. The van der Waals surface area contributed by atoms with Gasteiger partial charge in [0.05, 0.1) is 12.5 Å². The highest BCUT2D eigenvalue weighted by Gasteiger charge is 1.95. The lowest BCUT2D eigenvalue weighted by Gasteiger charge is -1.98. The zero-order valence-corrected chi connectivity index (χ0v) is 6.18. The van der Waals surface area contributed by atoms with Crippen LogP contribution in [0.25, 0.3) is 0 Å². The maximum Gasteiger partial charge on any atom is 0.220 e. The van der Waals surface area contributed by atoms with Gasteiger partial charge in [-0.05, 0) is 6.42 Å². The zero-order valence-electron chi connectivity index (χ0n) is 6.18. The molecule has 0 heterocycles. The average Bonchev–Trinajstić information content (AvgIpc) is 1.89. The Labute approximate surface area is 61.0 Å². The van der Waals surface area contributed by atoms with Crippen molar-refractivity contribution >= 4 is 5.91 Å². The van der Waals surface area contributed by atoms with E-state index in [1.54, 1.807) is 0 Å². The number of carbonyl (C=O) groups excluding carboxylic acids is 1. The van der Waals surface area contributed by atoms with Gasteiger partial charge in [0, 0.05) is 13.0 Å². The molecule has 3 heteroatoms. The van der Waals surface area contributed by atoms with E-state index in [0.717, 1.165) is 6.42 Å². The maximum atomic E-state index is 10.7. The summed E-state index contributed by atoms with van der Waals surface area (Å²) in [7, 11) is 0. The molecule has 0 atom stereocenters. The Bertz CT molecular complexity index is 137. The second-order valence-electron chi connectivity index (χ2n) is 2.01. The van der Waals surface area contributed by atoms with Crippen LogP contribution in [0.15, 0.2) is 0 Å². The Morgan fingerprint density at radius 2 is 2.40 bits per heavy atom. The SMILES string of the molecule is CCCC(=O)NCCC#N. The molecule has 3 nitrogen and oxygen atoms in total. The van der Waals surface area contributed by atoms with Gasteiger partial charge in [-0.3, -0.25) is 4.79 Å². The Kier molecular flexibility index (Phi) is 5.45. The third kappa shape index (κ3) is 5.10. The standard InChI is InChI=1S/C7H12N2O/c1-2-4-7(10)9-6-3-5-8/h2-4,6H2,1H3,(H,9,10).